The molecule has 2 atom stereocenters. The molecule has 7 nitrogen and oxygen atoms in total. The largest absolute Gasteiger partial charge is 0.550 e. The number of rotatable bonds is 6. The highest BCUT2D eigenvalue weighted by Gasteiger charge is 2.36. The maximum absolute atomic E-state index is 12.4. The number of unbranched alkanes of at least 4 members (excludes halogenated alkanes) is 2. The minimum Gasteiger partial charge on any atom is -0.550 e. The molecule has 25 heavy (non-hydrogen) atoms. The van der Waals surface area contributed by atoms with Crippen LogP contribution in [0, 0.1) is 5.92 Å². The first-order chi connectivity index (χ1) is 12.0. The predicted molar refractivity (Wildman–Crippen MR) is 90.0 cm³/mol. The number of urea groups is 1. The molecule has 0 saturated carbocycles. The summed E-state index contributed by atoms with van der Waals surface area (Å²) in [7, 11) is 0. The van der Waals surface area contributed by atoms with Crippen LogP contribution in [0.5, 0.6) is 0 Å². The lowest BCUT2D eigenvalue weighted by atomic mass is 9.83. The molecule has 7 heteroatoms. The summed E-state index contributed by atoms with van der Waals surface area (Å²) in [5.74, 6) is -0.487. The van der Waals surface area contributed by atoms with Gasteiger partial charge in [-0.1, -0.05) is 12.5 Å². The molecule has 2 aliphatic heterocycles. The summed E-state index contributed by atoms with van der Waals surface area (Å²) < 4.78 is 1.85. The van der Waals surface area contributed by atoms with Crippen LogP contribution in [-0.2, 0) is 11.3 Å². The van der Waals surface area contributed by atoms with Crippen LogP contribution in [0.1, 0.15) is 43.7 Å². The Morgan fingerprint density at radius 1 is 1.16 bits per heavy atom. The number of carboxylic acid groups (broad SMARTS) is 1. The average molecular weight is 346 g/mol. The van der Waals surface area contributed by atoms with Crippen molar-refractivity contribution in [3.05, 3.63) is 34.2 Å². The van der Waals surface area contributed by atoms with Crippen LogP contribution in [0.3, 0.4) is 0 Å². The van der Waals surface area contributed by atoms with Gasteiger partial charge in [0.15, 0.2) is 0 Å². The number of likely N-dealkylation sites (tertiary alicyclic amines) is 1. The quantitative estimate of drug-likeness (QED) is 0.749. The average Bonchev–Trinajstić information content (AvgIpc) is 2.58. The molecule has 0 aromatic carbocycles. The van der Waals surface area contributed by atoms with Crippen molar-refractivity contribution >= 4 is 12.0 Å². The van der Waals surface area contributed by atoms with Gasteiger partial charge in [0.2, 0.25) is 0 Å². The van der Waals surface area contributed by atoms with E-state index < -0.39 is 5.97 Å². The Balaban J connectivity index is 1.50. The van der Waals surface area contributed by atoms with Gasteiger partial charge < -0.3 is 24.7 Å². The third-order valence-corrected chi connectivity index (χ3v) is 5.10. The molecule has 1 fully saturated rings. The van der Waals surface area contributed by atoms with E-state index in [2.05, 4.69) is 5.32 Å². The Morgan fingerprint density at radius 3 is 2.80 bits per heavy atom. The van der Waals surface area contributed by atoms with E-state index in [1.807, 2.05) is 15.5 Å². The molecule has 0 aliphatic carbocycles. The molecule has 0 spiro atoms. The maximum Gasteiger partial charge on any atom is 0.317 e. The normalized spacial score (nSPS) is 21.5. The van der Waals surface area contributed by atoms with Crippen molar-refractivity contribution in [2.24, 2.45) is 5.92 Å². The van der Waals surface area contributed by atoms with Gasteiger partial charge in [-0.3, -0.25) is 4.79 Å². The number of hydrogen-bond acceptors (Lipinski definition) is 4. The van der Waals surface area contributed by atoms with E-state index in [0.717, 1.165) is 25.0 Å². The molecule has 2 bridgehead atoms. The molecule has 0 radical (unpaired) electrons. The molecule has 1 aromatic rings. The predicted octanol–water partition coefficient (Wildman–Crippen LogP) is 0.287. The Hall–Kier alpha value is -2.31. The topological polar surface area (TPSA) is 94.5 Å². The lowest BCUT2D eigenvalue weighted by Crippen LogP contribution is -2.52. The molecule has 2 amide bonds. The van der Waals surface area contributed by atoms with Crippen molar-refractivity contribution in [3.8, 4) is 0 Å². The number of carbonyl (C=O) groups excluding carboxylic acids is 2. The lowest BCUT2D eigenvalue weighted by molar-refractivity contribution is -0.305. The molecular weight excluding hydrogens is 322 g/mol. The smallest absolute Gasteiger partial charge is 0.317 e. The van der Waals surface area contributed by atoms with Crippen LogP contribution >= 0.6 is 0 Å². The first kappa shape index (κ1) is 17.5. The number of nitrogens with one attached hydrogen (secondary N) is 1. The zero-order chi connectivity index (χ0) is 17.8. The molecule has 1 saturated heterocycles. The van der Waals surface area contributed by atoms with Crippen LogP contribution < -0.4 is 16.0 Å². The molecule has 0 unspecified atom stereocenters. The zero-order valence-corrected chi connectivity index (χ0v) is 14.3. The number of amides is 2. The van der Waals surface area contributed by atoms with Gasteiger partial charge in [-0.25, -0.2) is 4.79 Å². The van der Waals surface area contributed by atoms with Crippen molar-refractivity contribution in [2.45, 2.75) is 44.6 Å². The number of nitrogens with zero attached hydrogens (tertiary/aromatic N) is 2. The standard InChI is InChI=1S/C18H25N3O4/c22-16-6-4-5-15-14-9-13(11-21(15)16)10-20(12-14)18(25)19-8-3-1-2-7-17(23)24/h4-6,13-14H,1-3,7-12H2,(H,19,25)(H,23,24)/p-1/t13-,14+/m1/s1. The van der Waals surface area contributed by atoms with Gasteiger partial charge in [-0.15, -0.1) is 0 Å². The van der Waals surface area contributed by atoms with Crippen LogP contribution in [0.2, 0.25) is 0 Å². The van der Waals surface area contributed by atoms with E-state index >= 15 is 0 Å². The summed E-state index contributed by atoms with van der Waals surface area (Å²) in [6.45, 7) is 2.54. The van der Waals surface area contributed by atoms with Gasteiger partial charge in [0.1, 0.15) is 0 Å². The maximum atomic E-state index is 12.4. The molecule has 1 aromatic heterocycles. The molecule has 136 valence electrons. The van der Waals surface area contributed by atoms with Gasteiger partial charge in [-0.05, 0) is 37.7 Å². The monoisotopic (exact) mass is 346 g/mol. The van der Waals surface area contributed by atoms with Gasteiger partial charge in [0.25, 0.3) is 5.56 Å². The minimum atomic E-state index is -1.02. The van der Waals surface area contributed by atoms with E-state index in [9.17, 15) is 19.5 Å². The minimum absolute atomic E-state index is 0.0432. The summed E-state index contributed by atoms with van der Waals surface area (Å²) >= 11 is 0. The Labute approximate surface area is 146 Å². The van der Waals surface area contributed by atoms with Gasteiger partial charge in [-0.2, -0.15) is 0 Å². The van der Waals surface area contributed by atoms with Crippen LogP contribution in [0.25, 0.3) is 0 Å². The first-order valence-electron chi connectivity index (χ1n) is 8.97. The van der Waals surface area contributed by atoms with Crippen molar-refractivity contribution < 1.29 is 14.7 Å². The number of piperidine rings is 1. The molecule has 2 aliphatic rings. The second-order valence-electron chi connectivity index (χ2n) is 7.02. The number of aromatic nitrogens is 1. The fraction of sp³-hybridized carbons (Fsp3) is 0.611. The second kappa shape index (κ2) is 7.72. The summed E-state index contributed by atoms with van der Waals surface area (Å²) in [4.78, 5) is 36.6. The van der Waals surface area contributed by atoms with Gasteiger partial charge in [0.05, 0.1) is 0 Å². The van der Waals surface area contributed by atoms with Gasteiger partial charge >= 0.3 is 6.03 Å². The highest BCUT2D eigenvalue weighted by molar-refractivity contribution is 5.74. The highest BCUT2D eigenvalue weighted by Crippen LogP contribution is 2.34. The molecular formula is C18H24N3O4-. The van der Waals surface area contributed by atoms with Crippen LogP contribution in [0.4, 0.5) is 4.79 Å². The second-order valence-corrected chi connectivity index (χ2v) is 7.02. The van der Waals surface area contributed by atoms with Crippen molar-refractivity contribution in [1.82, 2.24) is 14.8 Å². The van der Waals surface area contributed by atoms with E-state index in [0.29, 0.717) is 38.5 Å². The van der Waals surface area contributed by atoms with Crippen LogP contribution in [-0.4, -0.2) is 41.1 Å². The summed E-state index contributed by atoms with van der Waals surface area (Å²) in [6.07, 6.45) is 3.20. The van der Waals surface area contributed by atoms with Crippen molar-refractivity contribution in [3.63, 3.8) is 0 Å². The fourth-order valence-electron chi connectivity index (χ4n) is 3.94. The highest BCUT2D eigenvalue weighted by atomic mass is 16.4. The molecule has 3 rings (SSSR count). The summed E-state index contributed by atoms with van der Waals surface area (Å²) in [6, 6.07) is 5.30. The molecule has 1 N–H and O–H groups in total. The zero-order valence-electron chi connectivity index (χ0n) is 14.3. The van der Waals surface area contributed by atoms with E-state index in [1.54, 1.807) is 12.1 Å². The van der Waals surface area contributed by atoms with E-state index in [-0.39, 0.29) is 23.9 Å². The van der Waals surface area contributed by atoms with E-state index in [4.69, 9.17) is 0 Å². The van der Waals surface area contributed by atoms with E-state index in [1.165, 1.54) is 0 Å². The van der Waals surface area contributed by atoms with Gasteiger partial charge in [0, 0.05) is 49.8 Å². The Bertz CT molecular complexity index is 700. The summed E-state index contributed by atoms with van der Waals surface area (Å²) in [5.41, 5.74) is 1.07. The number of carbonyl (C=O) groups is 2. The van der Waals surface area contributed by atoms with Crippen molar-refractivity contribution in [1.29, 1.82) is 0 Å². The lowest BCUT2D eigenvalue weighted by Gasteiger charge is -2.42. The Kier molecular flexibility index (Phi) is 5.40. The third kappa shape index (κ3) is 4.21. The third-order valence-electron chi connectivity index (χ3n) is 5.10. The number of aliphatic carboxylic acids is 1. The number of pyridine rings is 1. The fourth-order valence-corrected chi connectivity index (χ4v) is 3.94. The Morgan fingerprint density at radius 2 is 2.00 bits per heavy atom. The first-order valence-corrected chi connectivity index (χ1v) is 8.97. The number of fused-ring (bicyclic) bond motifs is 4. The SMILES string of the molecule is O=C([O-])CCCCCNC(=O)N1C[C@H]2C[C@@H](C1)c1cccc(=O)n1C2. The number of carboxylic acids is 1. The van der Waals surface area contributed by atoms with Crippen molar-refractivity contribution in [2.75, 3.05) is 19.6 Å². The number of hydrogen-bond donors (Lipinski definition) is 1. The molecule has 3 heterocycles. The van der Waals surface area contributed by atoms with Crippen LogP contribution in [0.15, 0.2) is 23.0 Å². The summed E-state index contributed by atoms with van der Waals surface area (Å²) in [5, 5.41) is 13.3.